The molecular weight excluding hydrogens is 392 g/mol. The lowest BCUT2D eigenvalue weighted by molar-refractivity contribution is -0.137. The zero-order valence-electron chi connectivity index (χ0n) is 19.4. The predicted octanol–water partition coefficient (Wildman–Crippen LogP) is 1.92. The molecule has 1 aromatic rings. The topological polar surface area (TPSA) is 56.3 Å². The number of ether oxygens (including phenoxy) is 1. The van der Waals surface area contributed by atoms with Gasteiger partial charge in [0.05, 0.1) is 5.92 Å². The second kappa shape index (κ2) is 11.5. The van der Waals surface area contributed by atoms with Crippen LogP contribution in [0.1, 0.15) is 32.3 Å². The number of likely N-dealkylation sites (tertiary alicyclic amines) is 1. The first-order chi connectivity index (χ1) is 15.0. The summed E-state index contributed by atoms with van der Waals surface area (Å²) in [7, 11) is 2.08. The maximum atomic E-state index is 12.8. The van der Waals surface area contributed by atoms with E-state index in [0.29, 0.717) is 0 Å². The molecule has 31 heavy (non-hydrogen) atoms. The van der Waals surface area contributed by atoms with Crippen LogP contribution in [-0.2, 0) is 16.1 Å². The van der Waals surface area contributed by atoms with Crippen LogP contribution in [0.25, 0.3) is 0 Å². The fraction of sp³-hybridized carbons (Fsp3) is 0.667. The van der Waals surface area contributed by atoms with Crippen molar-refractivity contribution in [2.24, 2.45) is 5.92 Å². The standard InChI is InChI=1S/C24H38N4O3/c1-4-27(5-2)24(30)21-9-7-11-26(18-21)17-20-8-6-10-22(16-20)31-19-23(29)28-14-12-25(3)13-15-28/h6,8,10,16,21H,4-5,7,9,11-15,17-19H2,1-3H3. The Labute approximate surface area is 186 Å². The maximum Gasteiger partial charge on any atom is 0.260 e. The van der Waals surface area contributed by atoms with E-state index < -0.39 is 0 Å². The minimum absolute atomic E-state index is 0.0484. The molecule has 172 valence electrons. The van der Waals surface area contributed by atoms with Crippen LogP contribution in [0.4, 0.5) is 0 Å². The highest BCUT2D eigenvalue weighted by molar-refractivity contribution is 5.79. The highest BCUT2D eigenvalue weighted by atomic mass is 16.5. The smallest absolute Gasteiger partial charge is 0.260 e. The summed E-state index contributed by atoms with van der Waals surface area (Å²) in [6, 6.07) is 8.00. The van der Waals surface area contributed by atoms with Crippen molar-refractivity contribution in [2.45, 2.75) is 33.2 Å². The van der Waals surface area contributed by atoms with Crippen molar-refractivity contribution < 1.29 is 14.3 Å². The Balaban J connectivity index is 1.50. The van der Waals surface area contributed by atoms with E-state index in [2.05, 4.69) is 22.9 Å². The van der Waals surface area contributed by atoms with E-state index in [1.54, 1.807) is 0 Å². The molecule has 2 saturated heterocycles. The molecule has 0 aromatic heterocycles. The van der Waals surface area contributed by atoms with Crippen LogP contribution < -0.4 is 4.74 Å². The summed E-state index contributed by atoms with van der Waals surface area (Å²) in [5, 5.41) is 0. The van der Waals surface area contributed by atoms with Crippen LogP contribution in [0.15, 0.2) is 24.3 Å². The molecule has 0 saturated carbocycles. The first kappa shape index (κ1) is 23.5. The number of carbonyl (C=O) groups excluding carboxylic acids is 2. The van der Waals surface area contributed by atoms with E-state index in [-0.39, 0.29) is 24.3 Å². The van der Waals surface area contributed by atoms with Gasteiger partial charge in [0.2, 0.25) is 5.91 Å². The van der Waals surface area contributed by atoms with Gasteiger partial charge in [-0.15, -0.1) is 0 Å². The van der Waals surface area contributed by atoms with Crippen molar-refractivity contribution in [1.82, 2.24) is 19.6 Å². The SMILES string of the molecule is CCN(CC)C(=O)C1CCCN(Cc2cccc(OCC(=O)N3CCN(C)CC3)c2)C1. The van der Waals surface area contributed by atoms with E-state index in [1.165, 1.54) is 0 Å². The van der Waals surface area contributed by atoms with Crippen molar-refractivity contribution in [3.8, 4) is 5.75 Å². The van der Waals surface area contributed by atoms with Gasteiger partial charge in [-0.05, 0) is 58.0 Å². The van der Waals surface area contributed by atoms with Crippen molar-refractivity contribution >= 4 is 11.8 Å². The Morgan fingerprint density at radius 3 is 2.55 bits per heavy atom. The Morgan fingerprint density at radius 2 is 1.84 bits per heavy atom. The fourth-order valence-corrected chi connectivity index (χ4v) is 4.48. The third-order valence-corrected chi connectivity index (χ3v) is 6.45. The van der Waals surface area contributed by atoms with Crippen molar-refractivity contribution in [3.05, 3.63) is 29.8 Å². The quantitative estimate of drug-likeness (QED) is 0.631. The van der Waals surface area contributed by atoms with Gasteiger partial charge in [0.15, 0.2) is 6.61 Å². The number of amides is 2. The molecular formula is C24H38N4O3. The highest BCUT2D eigenvalue weighted by Gasteiger charge is 2.28. The van der Waals surface area contributed by atoms with Gasteiger partial charge in [-0.25, -0.2) is 0 Å². The van der Waals surface area contributed by atoms with Crippen molar-refractivity contribution in [3.63, 3.8) is 0 Å². The van der Waals surface area contributed by atoms with Gasteiger partial charge in [-0.1, -0.05) is 12.1 Å². The minimum Gasteiger partial charge on any atom is -0.484 e. The summed E-state index contributed by atoms with van der Waals surface area (Å²) in [6.07, 6.45) is 2.02. The largest absolute Gasteiger partial charge is 0.484 e. The third-order valence-electron chi connectivity index (χ3n) is 6.45. The molecule has 2 aliphatic heterocycles. The molecule has 0 spiro atoms. The third kappa shape index (κ3) is 6.68. The number of rotatable bonds is 8. The maximum absolute atomic E-state index is 12.8. The van der Waals surface area contributed by atoms with Crippen molar-refractivity contribution in [1.29, 1.82) is 0 Å². The monoisotopic (exact) mass is 430 g/mol. The highest BCUT2D eigenvalue weighted by Crippen LogP contribution is 2.22. The van der Waals surface area contributed by atoms with Gasteiger partial charge in [-0.3, -0.25) is 14.5 Å². The van der Waals surface area contributed by atoms with Crippen LogP contribution in [0.5, 0.6) is 5.75 Å². The number of piperidine rings is 1. The van der Waals surface area contributed by atoms with E-state index in [4.69, 9.17) is 4.74 Å². The van der Waals surface area contributed by atoms with Gasteiger partial charge in [0.1, 0.15) is 5.75 Å². The van der Waals surface area contributed by atoms with Crippen LogP contribution in [0.3, 0.4) is 0 Å². The average Bonchev–Trinajstić information content (AvgIpc) is 2.79. The fourth-order valence-electron chi connectivity index (χ4n) is 4.48. The molecule has 1 aromatic carbocycles. The van der Waals surface area contributed by atoms with Gasteiger partial charge in [0.25, 0.3) is 5.91 Å². The molecule has 2 heterocycles. The lowest BCUT2D eigenvalue weighted by atomic mass is 9.96. The van der Waals surface area contributed by atoms with Crippen LogP contribution in [0.2, 0.25) is 0 Å². The molecule has 0 aliphatic carbocycles. The second-order valence-corrected chi connectivity index (χ2v) is 8.70. The summed E-state index contributed by atoms with van der Waals surface area (Å²) in [5.41, 5.74) is 1.15. The van der Waals surface area contributed by atoms with E-state index in [9.17, 15) is 9.59 Å². The number of likely N-dealkylation sites (N-methyl/N-ethyl adjacent to an activating group) is 1. The lowest BCUT2D eigenvalue weighted by Crippen LogP contribution is -2.48. The van der Waals surface area contributed by atoms with Gasteiger partial charge < -0.3 is 19.4 Å². The number of hydrogen-bond donors (Lipinski definition) is 0. The molecule has 2 amide bonds. The van der Waals surface area contributed by atoms with E-state index in [0.717, 1.165) is 83.1 Å². The van der Waals surface area contributed by atoms with Gasteiger partial charge in [-0.2, -0.15) is 0 Å². The Bertz CT molecular complexity index is 729. The van der Waals surface area contributed by atoms with Crippen LogP contribution in [-0.4, -0.2) is 97.4 Å². The second-order valence-electron chi connectivity index (χ2n) is 8.70. The minimum atomic E-state index is 0.0484. The van der Waals surface area contributed by atoms with E-state index in [1.807, 2.05) is 41.8 Å². The predicted molar refractivity (Wildman–Crippen MR) is 122 cm³/mol. The van der Waals surface area contributed by atoms with E-state index >= 15 is 0 Å². The Morgan fingerprint density at radius 1 is 1.10 bits per heavy atom. The number of nitrogens with zero attached hydrogens (tertiary/aromatic N) is 4. The zero-order valence-corrected chi connectivity index (χ0v) is 19.4. The molecule has 7 heteroatoms. The molecule has 2 aliphatic rings. The van der Waals surface area contributed by atoms with Crippen LogP contribution in [0, 0.1) is 5.92 Å². The first-order valence-corrected chi connectivity index (χ1v) is 11.7. The molecule has 0 bridgehead atoms. The number of hydrogen-bond acceptors (Lipinski definition) is 5. The number of piperazine rings is 1. The number of benzene rings is 1. The summed E-state index contributed by atoms with van der Waals surface area (Å²) in [6.45, 7) is 11.7. The van der Waals surface area contributed by atoms with Gasteiger partial charge >= 0.3 is 0 Å². The number of carbonyl (C=O) groups is 2. The molecule has 0 N–H and O–H groups in total. The molecule has 3 rings (SSSR count). The summed E-state index contributed by atoms with van der Waals surface area (Å²) < 4.78 is 5.81. The van der Waals surface area contributed by atoms with Crippen molar-refractivity contribution in [2.75, 3.05) is 66.0 Å². The average molecular weight is 431 g/mol. The Kier molecular flexibility index (Phi) is 8.72. The zero-order chi connectivity index (χ0) is 22.2. The Hall–Kier alpha value is -2.12. The first-order valence-electron chi connectivity index (χ1n) is 11.7. The molecule has 1 atom stereocenters. The molecule has 2 fully saturated rings. The normalized spacial score (nSPS) is 20.5. The summed E-state index contributed by atoms with van der Waals surface area (Å²) >= 11 is 0. The summed E-state index contributed by atoms with van der Waals surface area (Å²) in [5.74, 6) is 1.16. The summed E-state index contributed by atoms with van der Waals surface area (Å²) in [4.78, 5) is 33.6. The molecule has 1 unspecified atom stereocenters. The molecule has 0 radical (unpaired) electrons. The van der Waals surface area contributed by atoms with Gasteiger partial charge in [0, 0.05) is 52.4 Å². The lowest BCUT2D eigenvalue weighted by Gasteiger charge is -2.34. The van der Waals surface area contributed by atoms with Crippen LogP contribution >= 0.6 is 0 Å². The molecule has 7 nitrogen and oxygen atoms in total.